The fourth-order valence-electron chi connectivity index (χ4n) is 3.30. The minimum Gasteiger partial charge on any atom is -0.364 e. The molecular formula is C17H18N8O2. The summed E-state index contributed by atoms with van der Waals surface area (Å²) in [6, 6.07) is 9.16. The predicted octanol–water partition coefficient (Wildman–Crippen LogP) is -0.205. The van der Waals surface area contributed by atoms with Crippen LogP contribution >= 0.6 is 0 Å². The minimum absolute atomic E-state index is 0.0963. The largest absolute Gasteiger partial charge is 0.364 e. The zero-order valence-corrected chi connectivity index (χ0v) is 14.5. The quantitative estimate of drug-likeness (QED) is 0.666. The van der Waals surface area contributed by atoms with Crippen molar-refractivity contribution in [3.05, 3.63) is 59.9 Å². The molecule has 2 N–H and O–H groups in total. The number of imidazole rings is 1. The van der Waals surface area contributed by atoms with Crippen LogP contribution < -0.4 is 5.73 Å². The third kappa shape index (κ3) is 3.28. The molecule has 0 bridgehead atoms. The Morgan fingerprint density at radius 2 is 2.00 bits per heavy atom. The van der Waals surface area contributed by atoms with E-state index in [-0.39, 0.29) is 5.91 Å². The second-order valence-electron chi connectivity index (χ2n) is 6.33. The number of aromatic nitrogens is 6. The number of amides is 2. The Balaban J connectivity index is 1.57. The summed E-state index contributed by atoms with van der Waals surface area (Å²) >= 11 is 0. The monoisotopic (exact) mass is 366 g/mol. The van der Waals surface area contributed by atoms with Gasteiger partial charge in [0.1, 0.15) is 23.9 Å². The topological polar surface area (TPSA) is 125 Å². The normalized spacial score (nSPS) is 14.6. The van der Waals surface area contributed by atoms with E-state index >= 15 is 0 Å². The van der Waals surface area contributed by atoms with Crippen LogP contribution in [0, 0.1) is 0 Å². The first kappa shape index (κ1) is 16.9. The number of carbonyl (C=O) groups is 2. The van der Waals surface area contributed by atoms with Crippen molar-refractivity contribution in [2.75, 3.05) is 6.54 Å². The Morgan fingerprint density at radius 3 is 2.70 bits per heavy atom. The van der Waals surface area contributed by atoms with Crippen LogP contribution in [0.15, 0.2) is 42.9 Å². The number of rotatable bonds is 5. The highest BCUT2D eigenvalue weighted by Gasteiger charge is 2.31. The molecule has 1 aliphatic rings. The van der Waals surface area contributed by atoms with Gasteiger partial charge in [0.15, 0.2) is 0 Å². The van der Waals surface area contributed by atoms with Crippen molar-refractivity contribution in [1.82, 2.24) is 34.7 Å². The zero-order chi connectivity index (χ0) is 18.8. The average molecular weight is 366 g/mol. The summed E-state index contributed by atoms with van der Waals surface area (Å²) in [5.74, 6) is 0.0174. The van der Waals surface area contributed by atoms with E-state index in [9.17, 15) is 9.59 Å². The molecule has 1 aliphatic heterocycles. The lowest BCUT2D eigenvalue weighted by molar-refractivity contribution is -0.136. The number of fused-ring (bicyclic) bond motifs is 1. The number of hydrogen-bond acceptors (Lipinski definition) is 6. The van der Waals surface area contributed by atoms with E-state index in [0.717, 1.165) is 5.56 Å². The molecule has 0 radical (unpaired) electrons. The molecule has 1 aromatic carbocycles. The van der Waals surface area contributed by atoms with Crippen LogP contribution in [0.3, 0.4) is 0 Å². The lowest BCUT2D eigenvalue weighted by atomic mass is 10.0. The fourth-order valence-corrected chi connectivity index (χ4v) is 3.30. The van der Waals surface area contributed by atoms with Gasteiger partial charge in [0, 0.05) is 19.5 Å². The number of hydrogen-bond donors (Lipinski definition) is 1. The van der Waals surface area contributed by atoms with Crippen LogP contribution in [0.2, 0.25) is 0 Å². The molecule has 2 amide bonds. The molecule has 10 nitrogen and oxygen atoms in total. The lowest BCUT2D eigenvalue weighted by Gasteiger charge is -2.31. The number of nitrogens with two attached hydrogens (primary N) is 1. The molecule has 27 heavy (non-hydrogen) atoms. The first-order chi connectivity index (χ1) is 13.1. The van der Waals surface area contributed by atoms with Gasteiger partial charge in [0.25, 0.3) is 5.91 Å². The summed E-state index contributed by atoms with van der Waals surface area (Å²) in [5, 5.41) is 11.3. The third-order valence-corrected chi connectivity index (χ3v) is 4.67. The van der Waals surface area contributed by atoms with E-state index in [1.54, 1.807) is 9.47 Å². The molecular weight excluding hydrogens is 348 g/mol. The second-order valence-corrected chi connectivity index (χ2v) is 6.33. The molecule has 4 rings (SSSR count). The van der Waals surface area contributed by atoms with Gasteiger partial charge in [-0.1, -0.05) is 30.3 Å². The molecule has 0 saturated heterocycles. The summed E-state index contributed by atoms with van der Waals surface area (Å²) < 4.78 is 3.24. The summed E-state index contributed by atoms with van der Waals surface area (Å²) in [5.41, 5.74) is 6.74. The van der Waals surface area contributed by atoms with Gasteiger partial charge >= 0.3 is 0 Å². The van der Waals surface area contributed by atoms with E-state index in [2.05, 4.69) is 20.5 Å². The number of nitrogens with zero attached hydrogens (tertiary/aromatic N) is 7. The fraction of sp³-hybridized carbons (Fsp3) is 0.294. The van der Waals surface area contributed by atoms with E-state index in [1.165, 1.54) is 17.2 Å². The van der Waals surface area contributed by atoms with Gasteiger partial charge in [-0.15, -0.1) is 5.10 Å². The van der Waals surface area contributed by atoms with Crippen molar-refractivity contribution < 1.29 is 9.59 Å². The number of carbonyl (C=O) groups excluding carboxylic acids is 2. The Labute approximate surface area is 154 Å². The number of benzene rings is 1. The molecule has 10 heteroatoms. The Kier molecular flexibility index (Phi) is 4.37. The first-order valence-electron chi connectivity index (χ1n) is 8.53. The van der Waals surface area contributed by atoms with E-state index in [0.29, 0.717) is 37.6 Å². The maximum Gasteiger partial charge on any atom is 0.266 e. The van der Waals surface area contributed by atoms with E-state index in [1.807, 2.05) is 30.3 Å². The van der Waals surface area contributed by atoms with Crippen LogP contribution in [0.5, 0.6) is 0 Å². The zero-order valence-electron chi connectivity index (χ0n) is 14.5. The molecule has 0 spiro atoms. The van der Waals surface area contributed by atoms with Crippen molar-refractivity contribution in [2.24, 2.45) is 5.73 Å². The summed E-state index contributed by atoms with van der Waals surface area (Å²) in [6.45, 7) is 1.22. The Hall–Kier alpha value is -3.56. The molecule has 0 unspecified atom stereocenters. The van der Waals surface area contributed by atoms with Gasteiger partial charge in [-0.2, -0.15) is 0 Å². The van der Waals surface area contributed by atoms with E-state index < -0.39 is 11.9 Å². The summed E-state index contributed by atoms with van der Waals surface area (Å²) in [4.78, 5) is 30.7. The molecule has 1 atom stereocenters. The van der Waals surface area contributed by atoms with Crippen molar-refractivity contribution in [1.29, 1.82) is 0 Å². The standard InChI is InChI=1S/C17H18N8O2/c18-16(26)14-9-19-15-10-23(6-7-24(14)15)17(27)13(25-11-20-21-22-25)8-12-4-2-1-3-5-12/h1-5,9,11,13H,6-8,10H2,(H2,18,26)/t13-/m1/s1. The lowest BCUT2D eigenvalue weighted by Crippen LogP contribution is -2.43. The highest BCUT2D eigenvalue weighted by atomic mass is 16.2. The minimum atomic E-state index is -0.556. The van der Waals surface area contributed by atoms with Crippen LogP contribution in [0.25, 0.3) is 0 Å². The molecule has 0 fully saturated rings. The maximum absolute atomic E-state index is 13.2. The van der Waals surface area contributed by atoms with Gasteiger partial charge < -0.3 is 15.2 Å². The van der Waals surface area contributed by atoms with Gasteiger partial charge in [-0.25, -0.2) is 9.67 Å². The SMILES string of the molecule is NC(=O)c1cnc2n1CCN(C(=O)[C@@H](Cc1ccccc1)n1cnnn1)C2. The second kappa shape index (κ2) is 6.98. The summed E-state index contributed by atoms with van der Waals surface area (Å²) in [7, 11) is 0. The van der Waals surface area contributed by atoms with Gasteiger partial charge in [-0.3, -0.25) is 9.59 Å². The third-order valence-electron chi connectivity index (χ3n) is 4.67. The molecule has 3 aromatic rings. The van der Waals surface area contributed by atoms with Gasteiger partial charge in [0.2, 0.25) is 5.91 Å². The Bertz CT molecular complexity index is 951. The van der Waals surface area contributed by atoms with Crippen molar-refractivity contribution >= 4 is 11.8 Å². The van der Waals surface area contributed by atoms with Crippen molar-refractivity contribution in [3.8, 4) is 0 Å². The van der Waals surface area contributed by atoms with Crippen molar-refractivity contribution in [3.63, 3.8) is 0 Å². The van der Waals surface area contributed by atoms with Crippen molar-refractivity contribution in [2.45, 2.75) is 25.6 Å². The van der Waals surface area contributed by atoms with Crippen LogP contribution in [0.4, 0.5) is 0 Å². The van der Waals surface area contributed by atoms with E-state index in [4.69, 9.17) is 5.73 Å². The molecule has 0 aliphatic carbocycles. The van der Waals surface area contributed by atoms with Gasteiger partial charge in [-0.05, 0) is 16.0 Å². The smallest absolute Gasteiger partial charge is 0.266 e. The predicted molar refractivity (Wildman–Crippen MR) is 93.2 cm³/mol. The summed E-state index contributed by atoms with van der Waals surface area (Å²) in [6.07, 6.45) is 3.37. The Morgan fingerprint density at radius 1 is 1.19 bits per heavy atom. The van der Waals surface area contributed by atoms with Crippen LogP contribution in [-0.2, 0) is 24.3 Å². The van der Waals surface area contributed by atoms with Crippen LogP contribution in [-0.4, -0.2) is 53.0 Å². The first-order valence-corrected chi connectivity index (χ1v) is 8.53. The molecule has 0 saturated carbocycles. The number of primary amides is 1. The van der Waals surface area contributed by atoms with Crippen LogP contribution in [0.1, 0.15) is 27.9 Å². The maximum atomic E-state index is 13.2. The average Bonchev–Trinajstić information content (AvgIpc) is 3.35. The molecule has 3 heterocycles. The molecule has 138 valence electrons. The highest BCUT2D eigenvalue weighted by Crippen LogP contribution is 2.21. The number of tetrazole rings is 1. The van der Waals surface area contributed by atoms with Gasteiger partial charge in [0.05, 0.1) is 12.7 Å². The molecule has 2 aromatic heterocycles. The highest BCUT2D eigenvalue weighted by molar-refractivity contribution is 5.91.